The fourth-order valence-corrected chi connectivity index (χ4v) is 5.54. The highest BCUT2D eigenvalue weighted by molar-refractivity contribution is 7.89. The number of amides is 1. The zero-order chi connectivity index (χ0) is 20.4. The van der Waals surface area contributed by atoms with Gasteiger partial charge in [-0.1, -0.05) is 23.7 Å². The SMILES string of the molecule is O=C1CCCCN1c1ccc(N2CCN(S(=O)(=O)c3ccccc3Cl)CC2)nn1. The van der Waals surface area contributed by atoms with E-state index in [1.807, 2.05) is 11.0 Å². The van der Waals surface area contributed by atoms with Crippen molar-refractivity contribution >= 4 is 39.2 Å². The van der Waals surface area contributed by atoms with Gasteiger partial charge in [0.15, 0.2) is 11.6 Å². The van der Waals surface area contributed by atoms with Gasteiger partial charge < -0.3 is 4.90 Å². The summed E-state index contributed by atoms with van der Waals surface area (Å²) in [5.74, 6) is 1.32. The van der Waals surface area contributed by atoms with E-state index in [1.165, 1.54) is 10.4 Å². The van der Waals surface area contributed by atoms with E-state index >= 15 is 0 Å². The van der Waals surface area contributed by atoms with Gasteiger partial charge >= 0.3 is 0 Å². The number of sulfonamides is 1. The number of anilines is 2. The quantitative estimate of drug-likeness (QED) is 0.731. The normalized spacial score (nSPS) is 18.9. The Kier molecular flexibility index (Phi) is 5.71. The lowest BCUT2D eigenvalue weighted by molar-refractivity contribution is -0.119. The van der Waals surface area contributed by atoms with Gasteiger partial charge in [0.1, 0.15) is 4.90 Å². The van der Waals surface area contributed by atoms with Crippen molar-refractivity contribution in [3.05, 3.63) is 41.4 Å². The molecule has 29 heavy (non-hydrogen) atoms. The average molecular weight is 436 g/mol. The van der Waals surface area contributed by atoms with Gasteiger partial charge in [0.05, 0.1) is 5.02 Å². The third kappa shape index (κ3) is 4.08. The number of hydrogen-bond acceptors (Lipinski definition) is 6. The van der Waals surface area contributed by atoms with Crippen molar-refractivity contribution in [2.45, 2.75) is 24.2 Å². The molecule has 1 aromatic carbocycles. The highest BCUT2D eigenvalue weighted by Gasteiger charge is 2.30. The number of carbonyl (C=O) groups excluding carboxylic acids is 1. The van der Waals surface area contributed by atoms with E-state index in [1.54, 1.807) is 29.2 Å². The molecule has 2 saturated heterocycles. The van der Waals surface area contributed by atoms with E-state index in [-0.39, 0.29) is 15.8 Å². The summed E-state index contributed by atoms with van der Waals surface area (Å²) in [5.41, 5.74) is 0. The molecule has 4 rings (SSSR count). The van der Waals surface area contributed by atoms with Gasteiger partial charge in [0.25, 0.3) is 0 Å². The predicted molar refractivity (Wildman–Crippen MR) is 111 cm³/mol. The Hall–Kier alpha value is -2.23. The topological polar surface area (TPSA) is 86.7 Å². The number of rotatable bonds is 4. The number of carbonyl (C=O) groups is 1. The summed E-state index contributed by atoms with van der Waals surface area (Å²) in [5, 5.41) is 8.71. The van der Waals surface area contributed by atoms with E-state index in [2.05, 4.69) is 10.2 Å². The molecule has 1 amide bonds. The van der Waals surface area contributed by atoms with Crippen LogP contribution in [0.2, 0.25) is 5.02 Å². The van der Waals surface area contributed by atoms with Crippen molar-refractivity contribution in [1.29, 1.82) is 0 Å². The highest BCUT2D eigenvalue weighted by Crippen LogP contribution is 2.26. The summed E-state index contributed by atoms with van der Waals surface area (Å²) < 4.78 is 27.2. The molecule has 0 bridgehead atoms. The number of piperazine rings is 1. The summed E-state index contributed by atoms with van der Waals surface area (Å²) in [4.78, 5) is 15.8. The van der Waals surface area contributed by atoms with Crippen LogP contribution in [-0.2, 0) is 14.8 Å². The maximum absolute atomic E-state index is 12.9. The number of nitrogens with zero attached hydrogens (tertiary/aromatic N) is 5. The first-order valence-corrected chi connectivity index (χ1v) is 11.4. The second-order valence-corrected chi connectivity index (χ2v) is 9.39. The van der Waals surface area contributed by atoms with Crippen molar-refractivity contribution in [3.8, 4) is 0 Å². The lowest BCUT2D eigenvalue weighted by Crippen LogP contribution is -2.49. The molecule has 2 aliphatic heterocycles. The van der Waals surface area contributed by atoms with Gasteiger partial charge in [0, 0.05) is 39.1 Å². The third-order valence-electron chi connectivity index (χ3n) is 5.25. The number of hydrogen-bond donors (Lipinski definition) is 0. The number of aromatic nitrogens is 2. The van der Waals surface area contributed by atoms with E-state index in [4.69, 9.17) is 11.6 Å². The number of piperidine rings is 1. The fraction of sp³-hybridized carbons (Fsp3) is 0.421. The molecule has 1 aromatic heterocycles. The number of halogens is 1. The molecule has 0 saturated carbocycles. The Morgan fingerprint density at radius 3 is 2.21 bits per heavy atom. The average Bonchev–Trinajstić information content (AvgIpc) is 2.74. The van der Waals surface area contributed by atoms with Crippen LogP contribution in [0.25, 0.3) is 0 Å². The van der Waals surface area contributed by atoms with Crippen molar-refractivity contribution in [2.24, 2.45) is 0 Å². The maximum Gasteiger partial charge on any atom is 0.244 e. The van der Waals surface area contributed by atoms with Gasteiger partial charge in [-0.25, -0.2) is 8.42 Å². The lowest BCUT2D eigenvalue weighted by atomic mass is 10.1. The molecule has 0 radical (unpaired) electrons. The Morgan fingerprint density at radius 1 is 0.862 bits per heavy atom. The zero-order valence-corrected chi connectivity index (χ0v) is 17.4. The molecule has 154 valence electrons. The minimum Gasteiger partial charge on any atom is -0.352 e. The molecule has 2 aromatic rings. The first-order chi connectivity index (χ1) is 14.0. The van der Waals surface area contributed by atoms with E-state index in [0.29, 0.717) is 50.8 Å². The van der Waals surface area contributed by atoms with Crippen LogP contribution in [0, 0.1) is 0 Å². The van der Waals surface area contributed by atoms with Gasteiger partial charge in [-0.2, -0.15) is 4.31 Å². The van der Waals surface area contributed by atoms with Crippen LogP contribution in [0.4, 0.5) is 11.6 Å². The zero-order valence-electron chi connectivity index (χ0n) is 15.9. The Morgan fingerprint density at radius 2 is 1.55 bits per heavy atom. The minimum absolute atomic E-state index is 0.0803. The van der Waals surface area contributed by atoms with Crippen LogP contribution in [-0.4, -0.2) is 61.6 Å². The second-order valence-electron chi connectivity index (χ2n) is 7.07. The van der Waals surface area contributed by atoms with Crippen LogP contribution in [0.3, 0.4) is 0 Å². The molecule has 8 nitrogen and oxygen atoms in total. The van der Waals surface area contributed by atoms with Crippen molar-refractivity contribution in [3.63, 3.8) is 0 Å². The minimum atomic E-state index is -3.63. The molecule has 10 heteroatoms. The molecule has 0 N–H and O–H groups in total. The molecule has 0 atom stereocenters. The molecule has 2 aliphatic rings. The van der Waals surface area contributed by atoms with E-state index < -0.39 is 10.0 Å². The molecular formula is C19H22ClN5O3S. The van der Waals surface area contributed by atoms with E-state index in [0.717, 1.165) is 12.8 Å². The molecule has 3 heterocycles. The third-order valence-corrected chi connectivity index (χ3v) is 7.65. The Labute approximate surface area is 175 Å². The first-order valence-electron chi connectivity index (χ1n) is 9.60. The maximum atomic E-state index is 12.9. The largest absolute Gasteiger partial charge is 0.352 e. The monoisotopic (exact) mass is 435 g/mol. The summed E-state index contributed by atoms with van der Waals surface area (Å²) >= 11 is 6.08. The summed E-state index contributed by atoms with van der Waals surface area (Å²) in [6.45, 7) is 2.34. The summed E-state index contributed by atoms with van der Waals surface area (Å²) in [6, 6.07) is 10.1. The highest BCUT2D eigenvalue weighted by atomic mass is 35.5. The summed E-state index contributed by atoms with van der Waals surface area (Å²) in [6.07, 6.45) is 2.44. The molecular weight excluding hydrogens is 414 g/mol. The van der Waals surface area contributed by atoms with Crippen LogP contribution < -0.4 is 9.80 Å². The van der Waals surface area contributed by atoms with Crippen molar-refractivity contribution in [2.75, 3.05) is 42.5 Å². The molecule has 0 aliphatic carbocycles. The molecule has 0 spiro atoms. The van der Waals surface area contributed by atoms with Crippen LogP contribution >= 0.6 is 11.6 Å². The van der Waals surface area contributed by atoms with Gasteiger partial charge in [-0.05, 0) is 37.1 Å². The van der Waals surface area contributed by atoms with Gasteiger partial charge in [-0.3, -0.25) is 9.69 Å². The van der Waals surface area contributed by atoms with Crippen molar-refractivity contribution in [1.82, 2.24) is 14.5 Å². The molecule has 0 unspecified atom stereocenters. The van der Waals surface area contributed by atoms with Crippen LogP contribution in [0.15, 0.2) is 41.3 Å². The smallest absolute Gasteiger partial charge is 0.244 e. The second kappa shape index (κ2) is 8.25. The lowest BCUT2D eigenvalue weighted by Gasteiger charge is -2.34. The Balaban J connectivity index is 1.42. The first kappa shape index (κ1) is 20.1. The van der Waals surface area contributed by atoms with Gasteiger partial charge in [-0.15, -0.1) is 10.2 Å². The molecule has 2 fully saturated rings. The number of benzene rings is 1. The fourth-order valence-electron chi connectivity index (χ4n) is 3.63. The van der Waals surface area contributed by atoms with Crippen LogP contribution in [0.1, 0.15) is 19.3 Å². The standard InChI is InChI=1S/C19H22ClN5O3S/c20-15-5-1-2-6-16(15)29(27,28)24-13-11-23(12-14-24)17-8-9-18(22-21-17)25-10-4-3-7-19(25)26/h1-2,5-6,8-9H,3-4,7,10-14H2. The van der Waals surface area contributed by atoms with Crippen LogP contribution in [0.5, 0.6) is 0 Å². The predicted octanol–water partition coefficient (Wildman–Crippen LogP) is 2.16. The van der Waals surface area contributed by atoms with Gasteiger partial charge in [0.2, 0.25) is 15.9 Å². The summed E-state index contributed by atoms with van der Waals surface area (Å²) in [7, 11) is -3.63. The Bertz CT molecular complexity index is 991. The van der Waals surface area contributed by atoms with E-state index in [9.17, 15) is 13.2 Å². The van der Waals surface area contributed by atoms with Crippen molar-refractivity contribution < 1.29 is 13.2 Å².